The average molecular weight is 380 g/mol. The number of likely N-dealkylation sites (tertiary alicyclic amines) is 1. The Balaban J connectivity index is 0.00000182. The molecule has 2 aromatic rings. The minimum Gasteiger partial charge on any atom is -0.341 e. The summed E-state index contributed by atoms with van der Waals surface area (Å²) in [7, 11) is 0. The van der Waals surface area contributed by atoms with E-state index < -0.39 is 0 Å². The molecule has 2 aliphatic heterocycles. The van der Waals surface area contributed by atoms with Crippen LogP contribution in [0.4, 0.5) is 0 Å². The first kappa shape index (κ1) is 18.4. The molecule has 6 heteroatoms. The Hall–Kier alpha value is -1.36. The number of benzene rings is 1. The molecule has 2 aliphatic rings. The van der Waals surface area contributed by atoms with Crippen molar-refractivity contribution in [1.29, 1.82) is 0 Å². The molecule has 3 heterocycles. The Kier molecular flexibility index (Phi) is 5.52. The summed E-state index contributed by atoms with van der Waals surface area (Å²) in [4.78, 5) is 19.4. The zero-order valence-corrected chi connectivity index (χ0v) is 15.9. The maximum atomic E-state index is 12.6. The molecule has 2 fully saturated rings. The smallest absolute Gasteiger partial charge is 0.239 e. The SMILES string of the molecule is Cc1c(Cl)c(C2CNC(C(=O)N3CCCC3)C2)nc2ccccc12.Cl. The van der Waals surface area contributed by atoms with Crippen LogP contribution in [0.2, 0.25) is 5.02 Å². The molecule has 0 bridgehead atoms. The lowest BCUT2D eigenvalue weighted by Crippen LogP contribution is -2.42. The van der Waals surface area contributed by atoms with Gasteiger partial charge in [0.2, 0.25) is 5.91 Å². The fourth-order valence-corrected chi connectivity index (χ4v) is 4.24. The predicted octanol–water partition coefficient (Wildman–Crippen LogP) is 3.69. The number of halogens is 2. The Morgan fingerprint density at radius 1 is 1.28 bits per heavy atom. The number of pyridine rings is 1. The van der Waals surface area contributed by atoms with Crippen LogP contribution in [0.15, 0.2) is 24.3 Å². The number of amides is 1. The Morgan fingerprint density at radius 3 is 2.76 bits per heavy atom. The van der Waals surface area contributed by atoms with Crippen LogP contribution in [0, 0.1) is 6.92 Å². The molecule has 0 aliphatic carbocycles. The molecule has 0 radical (unpaired) electrons. The third-order valence-corrected chi connectivity index (χ3v) is 5.81. The molecule has 4 rings (SSSR count). The van der Waals surface area contributed by atoms with Gasteiger partial charge in [-0.15, -0.1) is 12.4 Å². The highest BCUT2D eigenvalue weighted by Gasteiger charge is 2.35. The van der Waals surface area contributed by atoms with Crippen molar-refractivity contribution in [1.82, 2.24) is 15.2 Å². The van der Waals surface area contributed by atoms with Crippen molar-refractivity contribution in [3.8, 4) is 0 Å². The van der Waals surface area contributed by atoms with Gasteiger partial charge in [-0.05, 0) is 37.8 Å². The maximum absolute atomic E-state index is 12.6. The van der Waals surface area contributed by atoms with Crippen LogP contribution in [0.3, 0.4) is 0 Å². The van der Waals surface area contributed by atoms with Gasteiger partial charge in [0.15, 0.2) is 0 Å². The zero-order valence-electron chi connectivity index (χ0n) is 14.3. The zero-order chi connectivity index (χ0) is 16.7. The number of carbonyl (C=O) groups is 1. The number of rotatable bonds is 2. The monoisotopic (exact) mass is 379 g/mol. The first-order valence-electron chi connectivity index (χ1n) is 8.72. The van der Waals surface area contributed by atoms with E-state index >= 15 is 0 Å². The van der Waals surface area contributed by atoms with Crippen LogP contribution in [-0.4, -0.2) is 41.5 Å². The van der Waals surface area contributed by atoms with Gasteiger partial charge in [-0.2, -0.15) is 0 Å². The normalized spacial score (nSPS) is 23.0. The highest BCUT2D eigenvalue weighted by molar-refractivity contribution is 6.33. The highest BCUT2D eigenvalue weighted by Crippen LogP contribution is 2.35. The molecule has 4 nitrogen and oxygen atoms in total. The van der Waals surface area contributed by atoms with Gasteiger partial charge in [0.05, 0.1) is 22.3 Å². The van der Waals surface area contributed by atoms with Crippen molar-refractivity contribution in [3.63, 3.8) is 0 Å². The van der Waals surface area contributed by atoms with E-state index in [-0.39, 0.29) is 30.3 Å². The lowest BCUT2D eigenvalue weighted by atomic mass is 9.97. The molecule has 1 aromatic carbocycles. The van der Waals surface area contributed by atoms with Gasteiger partial charge in [0, 0.05) is 30.9 Å². The fraction of sp³-hybridized carbons (Fsp3) is 0.474. The molecule has 134 valence electrons. The molecule has 0 saturated carbocycles. The molecule has 1 amide bonds. The molecule has 2 atom stereocenters. The van der Waals surface area contributed by atoms with E-state index in [0.29, 0.717) is 0 Å². The lowest BCUT2D eigenvalue weighted by molar-refractivity contribution is -0.132. The molecule has 1 aromatic heterocycles. The van der Waals surface area contributed by atoms with Gasteiger partial charge >= 0.3 is 0 Å². The summed E-state index contributed by atoms with van der Waals surface area (Å²) >= 11 is 6.62. The largest absolute Gasteiger partial charge is 0.341 e. The number of fused-ring (bicyclic) bond motifs is 1. The van der Waals surface area contributed by atoms with Gasteiger partial charge < -0.3 is 10.2 Å². The van der Waals surface area contributed by atoms with Gasteiger partial charge in [0.1, 0.15) is 0 Å². The number of aryl methyl sites for hydroxylation is 1. The van der Waals surface area contributed by atoms with Crippen molar-refractivity contribution < 1.29 is 4.79 Å². The van der Waals surface area contributed by atoms with Crippen molar-refractivity contribution in [2.45, 2.75) is 38.1 Å². The summed E-state index contributed by atoms with van der Waals surface area (Å²) in [5.74, 6) is 0.431. The topological polar surface area (TPSA) is 45.2 Å². The number of hydrogen-bond acceptors (Lipinski definition) is 3. The number of carbonyl (C=O) groups excluding carboxylic acids is 1. The molecule has 0 spiro atoms. The first-order valence-corrected chi connectivity index (χ1v) is 9.10. The minimum absolute atomic E-state index is 0. The molecular formula is C19H23Cl2N3O. The molecule has 2 unspecified atom stereocenters. The lowest BCUT2D eigenvalue weighted by Gasteiger charge is -2.20. The summed E-state index contributed by atoms with van der Waals surface area (Å²) in [6.45, 7) is 4.60. The summed E-state index contributed by atoms with van der Waals surface area (Å²) in [6.07, 6.45) is 3.03. The maximum Gasteiger partial charge on any atom is 0.239 e. The van der Waals surface area contributed by atoms with Crippen LogP contribution in [0.5, 0.6) is 0 Å². The van der Waals surface area contributed by atoms with Crippen LogP contribution < -0.4 is 5.32 Å². The summed E-state index contributed by atoms with van der Waals surface area (Å²) < 4.78 is 0. The van der Waals surface area contributed by atoms with E-state index in [9.17, 15) is 4.79 Å². The Morgan fingerprint density at radius 2 is 2.00 bits per heavy atom. The van der Waals surface area contributed by atoms with E-state index in [1.54, 1.807) is 0 Å². The molecule has 1 N–H and O–H groups in total. The predicted molar refractivity (Wildman–Crippen MR) is 104 cm³/mol. The number of nitrogens with one attached hydrogen (secondary N) is 1. The van der Waals surface area contributed by atoms with Crippen LogP contribution >= 0.6 is 24.0 Å². The van der Waals surface area contributed by atoms with E-state index in [2.05, 4.69) is 11.4 Å². The van der Waals surface area contributed by atoms with Crippen LogP contribution in [-0.2, 0) is 4.79 Å². The van der Waals surface area contributed by atoms with Crippen LogP contribution in [0.25, 0.3) is 10.9 Å². The number of aromatic nitrogens is 1. The molecule has 2 saturated heterocycles. The van der Waals surface area contributed by atoms with Crippen molar-refractivity contribution in [3.05, 3.63) is 40.5 Å². The second kappa shape index (κ2) is 7.48. The second-order valence-corrected chi connectivity index (χ2v) is 7.26. The summed E-state index contributed by atoms with van der Waals surface area (Å²) in [6, 6.07) is 7.99. The quantitative estimate of drug-likeness (QED) is 0.865. The van der Waals surface area contributed by atoms with Crippen LogP contribution in [0.1, 0.15) is 36.4 Å². The standard InChI is InChI=1S/C19H22ClN3O.ClH/c1-12-14-6-2-3-7-15(14)22-18(17(12)20)13-10-16(21-11-13)19(24)23-8-4-5-9-23;/h2-3,6-7,13,16,21H,4-5,8-11H2,1H3;1H. The van der Waals surface area contributed by atoms with Gasteiger partial charge in [-0.25, -0.2) is 0 Å². The van der Waals surface area contributed by atoms with Gasteiger partial charge in [-0.1, -0.05) is 29.8 Å². The Labute approximate surface area is 159 Å². The average Bonchev–Trinajstić information content (AvgIpc) is 3.29. The van der Waals surface area contributed by atoms with E-state index in [1.165, 1.54) is 0 Å². The third kappa shape index (κ3) is 3.35. The second-order valence-electron chi connectivity index (χ2n) is 6.88. The molecule has 25 heavy (non-hydrogen) atoms. The van der Waals surface area contributed by atoms with E-state index in [4.69, 9.17) is 16.6 Å². The van der Waals surface area contributed by atoms with E-state index in [1.807, 2.05) is 30.0 Å². The van der Waals surface area contributed by atoms with Gasteiger partial charge in [-0.3, -0.25) is 9.78 Å². The van der Waals surface area contributed by atoms with Crippen molar-refractivity contribution >= 4 is 40.8 Å². The van der Waals surface area contributed by atoms with E-state index in [0.717, 1.165) is 66.1 Å². The number of hydrogen-bond donors (Lipinski definition) is 1. The number of nitrogens with zero attached hydrogens (tertiary/aromatic N) is 2. The molecular weight excluding hydrogens is 357 g/mol. The first-order chi connectivity index (χ1) is 11.6. The number of para-hydroxylation sites is 1. The van der Waals surface area contributed by atoms with Crippen molar-refractivity contribution in [2.75, 3.05) is 19.6 Å². The fourth-order valence-electron chi connectivity index (χ4n) is 3.94. The summed E-state index contributed by atoms with van der Waals surface area (Å²) in [5.41, 5.74) is 2.98. The highest BCUT2D eigenvalue weighted by atomic mass is 35.5. The third-order valence-electron chi connectivity index (χ3n) is 5.34. The Bertz CT molecular complexity index is 790. The van der Waals surface area contributed by atoms with Crippen molar-refractivity contribution in [2.24, 2.45) is 0 Å². The minimum atomic E-state index is -0.0993. The summed E-state index contributed by atoms with van der Waals surface area (Å²) in [5, 5.41) is 5.23. The van der Waals surface area contributed by atoms with Gasteiger partial charge in [0.25, 0.3) is 0 Å².